The van der Waals surface area contributed by atoms with Crippen LogP contribution in [0.15, 0.2) is 23.1 Å². The third-order valence-corrected chi connectivity index (χ3v) is 4.74. The van der Waals surface area contributed by atoms with Gasteiger partial charge in [0.05, 0.1) is 4.90 Å². The monoisotopic (exact) mass is 284 g/mol. The highest BCUT2D eigenvalue weighted by molar-refractivity contribution is 7.89. The maximum Gasteiger partial charge on any atom is 0.240 e. The maximum absolute atomic E-state index is 11.9. The van der Waals surface area contributed by atoms with Crippen molar-refractivity contribution in [3.8, 4) is 0 Å². The summed E-state index contributed by atoms with van der Waals surface area (Å²) in [7, 11) is -1.96. The van der Waals surface area contributed by atoms with Crippen LogP contribution in [0.2, 0.25) is 0 Å². The van der Waals surface area contributed by atoms with Gasteiger partial charge in [0.1, 0.15) is 0 Å². The van der Waals surface area contributed by atoms with E-state index in [-0.39, 0.29) is 0 Å². The standard InChI is InChI=1S/C14H24N2O2S/c1-5-6-11(2)10-16-13-8-7-12(3)14(9-13)19(17,18)15-4/h7-9,11,15-16H,5-6,10H2,1-4H3. The van der Waals surface area contributed by atoms with Gasteiger partial charge in [-0.2, -0.15) is 0 Å². The molecule has 0 saturated carbocycles. The van der Waals surface area contributed by atoms with Gasteiger partial charge in [0.25, 0.3) is 0 Å². The van der Waals surface area contributed by atoms with Gasteiger partial charge in [-0.25, -0.2) is 13.1 Å². The van der Waals surface area contributed by atoms with Gasteiger partial charge in [-0.3, -0.25) is 0 Å². The average molecular weight is 284 g/mol. The van der Waals surface area contributed by atoms with Crippen LogP contribution in [0.4, 0.5) is 5.69 Å². The number of sulfonamides is 1. The summed E-state index contributed by atoms with van der Waals surface area (Å²) >= 11 is 0. The van der Waals surface area contributed by atoms with E-state index in [0.29, 0.717) is 10.8 Å². The Kier molecular flexibility index (Phi) is 5.82. The largest absolute Gasteiger partial charge is 0.385 e. The lowest BCUT2D eigenvalue weighted by Crippen LogP contribution is -2.20. The topological polar surface area (TPSA) is 58.2 Å². The Labute approximate surface area is 116 Å². The van der Waals surface area contributed by atoms with Gasteiger partial charge < -0.3 is 5.32 Å². The predicted molar refractivity (Wildman–Crippen MR) is 80.0 cm³/mol. The predicted octanol–water partition coefficient (Wildman–Crippen LogP) is 2.75. The van der Waals surface area contributed by atoms with Crippen LogP contribution in [0.1, 0.15) is 32.3 Å². The van der Waals surface area contributed by atoms with E-state index in [4.69, 9.17) is 0 Å². The van der Waals surface area contributed by atoms with Crippen LogP contribution in [-0.4, -0.2) is 22.0 Å². The summed E-state index contributed by atoms with van der Waals surface area (Å²) in [5.74, 6) is 0.579. The molecular formula is C14H24N2O2S. The summed E-state index contributed by atoms with van der Waals surface area (Å²) in [5.41, 5.74) is 1.60. The molecule has 1 rings (SSSR count). The second kappa shape index (κ2) is 6.91. The second-order valence-electron chi connectivity index (χ2n) is 4.96. The van der Waals surface area contributed by atoms with Gasteiger partial charge in [-0.15, -0.1) is 0 Å². The van der Waals surface area contributed by atoms with E-state index < -0.39 is 10.0 Å². The summed E-state index contributed by atoms with van der Waals surface area (Å²) in [5, 5.41) is 3.30. The minimum atomic E-state index is -3.39. The van der Waals surface area contributed by atoms with Crippen LogP contribution in [0, 0.1) is 12.8 Å². The van der Waals surface area contributed by atoms with E-state index in [0.717, 1.165) is 24.2 Å². The Bertz CT molecular complexity index is 512. The van der Waals surface area contributed by atoms with E-state index in [1.807, 2.05) is 12.1 Å². The van der Waals surface area contributed by atoms with Gasteiger partial charge in [-0.1, -0.05) is 26.3 Å². The number of aryl methyl sites for hydroxylation is 1. The molecule has 108 valence electrons. The highest BCUT2D eigenvalue weighted by Crippen LogP contribution is 2.20. The molecule has 0 spiro atoms. The van der Waals surface area contributed by atoms with Crippen LogP contribution in [0.5, 0.6) is 0 Å². The lowest BCUT2D eigenvalue weighted by molar-refractivity contribution is 0.550. The quantitative estimate of drug-likeness (QED) is 0.809. The zero-order valence-electron chi connectivity index (χ0n) is 12.2. The summed E-state index contributed by atoms with van der Waals surface area (Å²) in [6, 6.07) is 5.44. The number of rotatable bonds is 7. The van der Waals surface area contributed by atoms with E-state index in [1.165, 1.54) is 13.5 Å². The van der Waals surface area contributed by atoms with Crippen molar-refractivity contribution in [1.82, 2.24) is 4.72 Å². The van der Waals surface area contributed by atoms with Crippen LogP contribution < -0.4 is 10.0 Å². The number of benzene rings is 1. The van der Waals surface area contributed by atoms with Crippen molar-refractivity contribution in [2.75, 3.05) is 18.9 Å². The summed E-state index contributed by atoms with van der Waals surface area (Å²) < 4.78 is 26.1. The Morgan fingerprint density at radius 3 is 2.58 bits per heavy atom. The van der Waals surface area contributed by atoms with Crippen LogP contribution in [-0.2, 0) is 10.0 Å². The van der Waals surface area contributed by atoms with Crippen molar-refractivity contribution in [3.05, 3.63) is 23.8 Å². The molecule has 1 aromatic carbocycles. The summed E-state index contributed by atoms with van der Waals surface area (Å²) in [6.07, 6.45) is 2.33. The van der Waals surface area contributed by atoms with Crippen molar-refractivity contribution >= 4 is 15.7 Å². The van der Waals surface area contributed by atoms with Gasteiger partial charge in [0, 0.05) is 12.2 Å². The molecule has 0 aromatic heterocycles. The van der Waals surface area contributed by atoms with Crippen molar-refractivity contribution in [2.45, 2.75) is 38.5 Å². The van der Waals surface area contributed by atoms with Crippen molar-refractivity contribution in [3.63, 3.8) is 0 Å². The van der Waals surface area contributed by atoms with Crippen LogP contribution in [0.3, 0.4) is 0 Å². The third kappa shape index (κ3) is 4.51. The van der Waals surface area contributed by atoms with Crippen LogP contribution >= 0.6 is 0 Å². The average Bonchev–Trinajstić information content (AvgIpc) is 2.38. The molecule has 4 nitrogen and oxygen atoms in total. The first-order chi connectivity index (χ1) is 8.90. The van der Waals surface area contributed by atoms with Gasteiger partial charge in [0.15, 0.2) is 0 Å². The minimum Gasteiger partial charge on any atom is -0.385 e. The first-order valence-electron chi connectivity index (χ1n) is 6.68. The first-order valence-corrected chi connectivity index (χ1v) is 8.17. The molecule has 1 aromatic rings. The van der Waals surface area contributed by atoms with E-state index in [9.17, 15) is 8.42 Å². The molecule has 1 atom stereocenters. The number of nitrogens with one attached hydrogen (secondary N) is 2. The van der Waals surface area contributed by atoms with Gasteiger partial charge >= 0.3 is 0 Å². The molecule has 0 amide bonds. The third-order valence-electron chi connectivity index (χ3n) is 3.18. The first kappa shape index (κ1) is 16.0. The summed E-state index contributed by atoms with van der Waals surface area (Å²) in [4.78, 5) is 0.336. The van der Waals surface area contributed by atoms with Crippen molar-refractivity contribution in [2.24, 2.45) is 5.92 Å². The smallest absolute Gasteiger partial charge is 0.240 e. The number of hydrogen-bond donors (Lipinski definition) is 2. The molecule has 0 saturated heterocycles. The lowest BCUT2D eigenvalue weighted by Gasteiger charge is -2.14. The molecule has 0 heterocycles. The zero-order valence-corrected chi connectivity index (χ0v) is 13.0. The maximum atomic E-state index is 11.9. The number of anilines is 1. The summed E-state index contributed by atoms with van der Waals surface area (Å²) in [6.45, 7) is 7.01. The minimum absolute atomic E-state index is 0.336. The molecule has 0 fully saturated rings. The normalized spacial score (nSPS) is 13.3. The van der Waals surface area contributed by atoms with E-state index >= 15 is 0 Å². The van der Waals surface area contributed by atoms with Crippen molar-refractivity contribution < 1.29 is 8.42 Å². The SMILES string of the molecule is CCCC(C)CNc1ccc(C)c(S(=O)(=O)NC)c1. The Morgan fingerprint density at radius 2 is 2.00 bits per heavy atom. The molecular weight excluding hydrogens is 260 g/mol. The lowest BCUT2D eigenvalue weighted by atomic mass is 10.1. The molecule has 0 aliphatic carbocycles. The molecule has 0 bridgehead atoms. The Hall–Kier alpha value is -1.07. The van der Waals surface area contributed by atoms with Crippen LogP contribution in [0.25, 0.3) is 0 Å². The fourth-order valence-electron chi connectivity index (χ4n) is 2.00. The molecule has 0 aliphatic heterocycles. The van der Waals surface area contributed by atoms with Crippen molar-refractivity contribution in [1.29, 1.82) is 0 Å². The van der Waals surface area contributed by atoms with Gasteiger partial charge in [0.2, 0.25) is 10.0 Å². The second-order valence-corrected chi connectivity index (χ2v) is 6.82. The highest BCUT2D eigenvalue weighted by Gasteiger charge is 2.15. The Balaban J connectivity index is 2.85. The van der Waals surface area contributed by atoms with E-state index in [1.54, 1.807) is 13.0 Å². The fourth-order valence-corrected chi connectivity index (χ4v) is 2.99. The molecule has 0 radical (unpaired) electrons. The molecule has 0 aliphatic rings. The fraction of sp³-hybridized carbons (Fsp3) is 0.571. The Morgan fingerprint density at radius 1 is 1.32 bits per heavy atom. The number of hydrogen-bond acceptors (Lipinski definition) is 3. The van der Waals surface area contributed by atoms with Gasteiger partial charge in [-0.05, 0) is 44.0 Å². The zero-order chi connectivity index (χ0) is 14.5. The van der Waals surface area contributed by atoms with E-state index in [2.05, 4.69) is 23.9 Å². The molecule has 5 heteroatoms. The highest BCUT2D eigenvalue weighted by atomic mass is 32.2. The molecule has 2 N–H and O–H groups in total. The molecule has 1 unspecified atom stereocenters. The molecule has 19 heavy (non-hydrogen) atoms.